The van der Waals surface area contributed by atoms with Crippen LogP contribution in [0.4, 0.5) is 8.78 Å². The topological polar surface area (TPSA) is 54.4 Å². The van der Waals surface area contributed by atoms with E-state index in [1.807, 2.05) is 0 Å². The number of rotatable bonds is 3. The van der Waals surface area contributed by atoms with Gasteiger partial charge in [0.15, 0.2) is 9.84 Å². The van der Waals surface area contributed by atoms with Crippen molar-refractivity contribution in [3.8, 4) is 0 Å². The van der Waals surface area contributed by atoms with Crippen LogP contribution >= 0.6 is 0 Å². The van der Waals surface area contributed by atoms with Gasteiger partial charge in [0.1, 0.15) is 11.6 Å². The molecule has 1 aromatic carbocycles. The van der Waals surface area contributed by atoms with Crippen molar-refractivity contribution in [1.29, 1.82) is 0 Å². The number of aliphatic hydroxyl groups excluding tert-OH is 1. The normalized spacial score (nSPS) is 15.6. The molecule has 0 fully saturated rings. The van der Waals surface area contributed by atoms with Gasteiger partial charge in [-0.3, -0.25) is 0 Å². The van der Waals surface area contributed by atoms with E-state index in [0.717, 1.165) is 18.4 Å². The molecular weight excluding hydrogens is 250 g/mol. The molecule has 1 N–H and O–H groups in total. The van der Waals surface area contributed by atoms with E-state index in [1.54, 1.807) is 0 Å². The van der Waals surface area contributed by atoms with Crippen LogP contribution < -0.4 is 0 Å². The highest BCUT2D eigenvalue weighted by Crippen LogP contribution is 2.26. The monoisotopic (exact) mass is 264 g/mol. The molecule has 2 unspecified atom stereocenters. The van der Waals surface area contributed by atoms with Crippen LogP contribution in [0.15, 0.2) is 12.1 Å². The molecule has 0 aliphatic carbocycles. The zero-order chi connectivity index (χ0) is 13.4. The van der Waals surface area contributed by atoms with Crippen LogP contribution in [-0.4, -0.2) is 25.0 Å². The summed E-state index contributed by atoms with van der Waals surface area (Å²) in [4.78, 5) is 0. The van der Waals surface area contributed by atoms with Crippen molar-refractivity contribution < 1.29 is 22.3 Å². The predicted octanol–water partition coefficient (Wildman–Crippen LogP) is 1.74. The molecule has 0 saturated carbocycles. The van der Waals surface area contributed by atoms with Gasteiger partial charge in [0, 0.05) is 11.8 Å². The molecule has 17 heavy (non-hydrogen) atoms. The molecule has 1 rings (SSSR count). The quantitative estimate of drug-likeness (QED) is 0.904. The van der Waals surface area contributed by atoms with Crippen molar-refractivity contribution in [3.05, 3.63) is 34.9 Å². The Kier molecular flexibility index (Phi) is 3.88. The van der Waals surface area contributed by atoms with Crippen LogP contribution in [0.1, 0.15) is 24.2 Å². The lowest BCUT2D eigenvalue weighted by molar-refractivity contribution is 0.171. The first-order valence-electron chi connectivity index (χ1n) is 4.97. The molecule has 6 heteroatoms. The Hall–Kier alpha value is -1.01. The molecule has 0 spiro atoms. The lowest BCUT2D eigenvalue weighted by atomic mass is 10.0. The summed E-state index contributed by atoms with van der Waals surface area (Å²) in [5.41, 5.74) is -0.239. The third-order valence-electron chi connectivity index (χ3n) is 2.72. The maximum absolute atomic E-state index is 13.5. The average molecular weight is 264 g/mol. The van der Waals surface area contributed by atoms with Gasteiger partial charge in [-0.2, -0.15) is 0 Å². The Bertz CT molecular complexity index is 526. The lowest BCUT2D eigenvalue weighted by Gasteiger charge is -2.18. The molecule has 2 atom stereocenters. The highest BCUT2D eigenvalue weighted by molar-refractivity contribution is 7.91. The van der Waals surface area contributed by atoms with E-state index in [1.165, 1.54) is 13.8 Å². The average Bonchev–Trinajstić information content (AvgIpc) is 2.20. The summed E-state index contributed by atoms with van der Waals surface area (Å²) in [7, 11) is -3.53. The van der Waals surface area contributed by atoms with E-state index >= 15 is 0 Å². The van der Waals surface area contributed by atoms with E-state index in [0.29, 0.717) is 0 Å². The minimum absolute atomic E-state index is 0.102. The van der Waals surface area contributed by atoms with Gasteiger partial charge in [-0.25, -0.2) is 17.2 Å². The number of sulfone groups is 1. The molecule has 0 saturated heterocycles. The summed E-state index contributed by atoms with van der Waals surface area (Å²) >= 11 is 0. The zero-order valence-electron chi connectivity index (χ0n) is 9.74. The first-order valence-corrected chi connectivity index (χ1v) is 6.92. The summed E-state index contributed by atoms with van der Waals surface area (Å²) in [6.07, 6.45) is -0.649. The summed E-state index contributed by atoms with van der Waals surface area (Å²) in [5, 5.41) is 8.54. The van der Waals surface area contributed by atoms with Crippen molar-refractivity contribution in [2.75, 3.05) is 6.26 Å². The van der Waals surface area contributed by atoms with Gasteiger partial charge in [-0.1, -0.05) is 0 Å². The fourth-order valence-corrected chi connectivity index (χ4v) is 1.99. The van der Waals surface area contributed by atoms with Crippen molar-refractivity contribution in [1.82, 2.24) is 0 Å². The van der Waals surface area contributed by atoms with Crippen LogP contribution in [0.5, 0.6) is 0 Å². The van der Waals surface area contributed by atoms with Crippen LogP contribution in [0.3, 0.4) is 0 Å². The SMILES string of the molecule is Cc1cc(F)c(C(O)C(C)S(C)(=O)=O)cc1F. The van der Waals surface area contributed by atoms with Gasteiger partial charge in [-0.15, -0.1) is 0 Å². The van der Waals surface area contributed by atoms with Crippen LogP contribution in [0.2, 0.25) is 0 Å². The van der Waals surface area contributed by atoms with Gasteiger partial charge in [0.25, 0.3) is 0 Å². The molecule has 0 aliphatic heterocycles. The number of hydrogen-bond donors (Lipinski definition) is 1. The first-order chi connectivity index (χ1) is 7.64. The van der Waals surface area contributed by atoms with E-state index in [9.17, 15) is 22.3 Å². The summed E-state index contributed by atoms with van der Waals surface area (Å²) in [6, 6.07) is 1.76. The highest BCUT2D eigenvalue weighted by Gasteiger charge is 2.28. The number of benzene rings is 1. The standard InChI is InChI=1S/C11H14F2O3S/c1-6-4-10(13)8(5-9(6)12)11(14)7(2)17(3,15)16/h4-5,7,11,14H,1-3H3. The van der Waals surface area contributed by atoms with Gasteiger partial charge in [0.2, 0.25) is 0 Å². The molecule has 0 radical (unpaired) electrons. The van der Waals surface area contributed by atoms with E-state index in [-0.39, 0.29) is 11.1 Å². The second-order valence-corrected chi connectivity index (χ2v) is 6.51. The Labute approximate surface area is 99.0 Å². The zero-order valence-corrected chi connectivity index (χ0v) is 10.6. The van der Waals surface area contributed by atoms with Gasteiger partial charge >= 0.3 is 0 Å². The van der Waals surface area contributed by atoms with Crippen LogP contribution in [0.25, 0.3) is 0 Å². The first kappa shape index (κ1) is 14.1. The molecule has 1 aromatic rings. The number of halogens is 2. The second-order valence-electron chi connectivity index (χ2n) is 4.10. The molecule has 0 aliphatic rings. The van der Waals surface area contributed by atoms with Crippen molar-refractivity contribution in [2.45, 2.75) is 25.2 Å². The second kappa shape index (κ2) is 4.70. The van der Waals surface area contributed by atoms with Gasteiger partial charge in [0.05, 0.1) is 11.4 Å². The summed E-state index contributed by atoms with van der Waals surface area (Å²) in [5.74, 6) is -1.49. The fourth-order valence-electron chi connectivity index (χ4n) is 1.38. The maximum Gasteiger partial charge on any atom is 0.152 e. The van der Waals surface area contributed by atoms with E-state index in [2.05, 4.69) is 0 Å². The lowest BCUT2D eigenvalue weighted by Crippen LogP contribution is -2.25. The Morgan fingerprint density at radius 2 is 1.76 bits per heavy atom. The molecule has 0 bridgehead atoms. The highest BCUT2D eigenvalue weighted by atomic mass is 32.2. The van der Waals surface area contributed by atoms with Gasteiger partial charge < -0.3 is 5.11 Å². The van der Waals surface area contributed by atoms with Crippen molar-refractivity contribution in [2.24, 2.45) is 0 Å². The van der Waals surface area contributed by atoms with Crippen LogP contribution in [-0.2, 0) is 9.84 Å². The number of aliphatic hydroxyl groups is 1. The van der Waals surface area contributed by atoms with Crippen molar-refractivity contribution >= 4 is 9.84 Å². The molecular formula is C11H14F2O3S. The smallest absolute Gasteiger partial charge is 0.152 e. The maximum atomic E-state index is 13.5. The molecule has 3 nitrogen and oxygen atoms in total. The third-order valence-corrected chi connectivity index (χ3v) is 4.33. The van der Waals surface area contributed by atoms with E-state index < -0.39 is 32.8 Å². The van der Waals surface area contributed by atoms with Crippen molar-refractivity contribution in [3.63, 3.8) is 0 Å². The molecule has 0 heterocycles. The van der Waals surface area contributed by atoms with Crippen LogP contribution in [0, 0.1) is 18.6 Å². The molecule has 0 aromatic heterocycles. The Morgan fingerprint density at radius 1 is 1.24 bits per heavy atom. The molecule has 96 valence electrons. The Balaban J connectivity index is 3.22. The molecule has 0 amide bonds. The fraction of sp³-hybridized carbons (Fsp3) is 0.455. The largest absolute Gasteiger partial charge is 0.387 e. The summed E-state index contributed by atoms with van der Waals surface area (Å²) in [6.45, 7) is 2.63. The predicted molar refractivity (Wildman–Crippen MR) is 60.4 cm³/mol. The summed E-state index contributed by atoms with van der Waals surface area (Å²) < 4.78 is 49.2. The minimum atomic E-state index is -3.53. The number of aryl methyl sites for hydroxylation is 1. The van der Waals surface area contributed by atoms with Gasteiger partial charge in [-0.05, 0) is 31.5 Å². The van der Waals surface area contributed by atoms with E-state index in [4.69, 9.17) is 0 Å². The number of hydrogen-bond acceptors (Lipinski definition) is 3. The Morgan fingerprint density at radius 3 is 2.24 bits per heavy atom. The minimum Gasteiger partial charge on any atom is -0.387 e. The third kappa shape index (κ3) is 3.01.